The van der Waals surface area contributed by atoms with Crippen molar-refractivity contribution in [2.45, 2.75) is 19.4 Å². The van der Waals surface area contributed by atoms with Crippen LogP contribution >= 0.6 is 11.6 Å². The summed E-state index contributed by atoms with van der Waals surface area (Å²) in [7, 11) is 0. The lowest BCUT2D eigenvalue weighted by atomic mass is 10.2. The van der Waals surface area contributed by atoms with E-state index in [0.29, 0.717) is 5.82 Å². The Hall–Kier alpha value is -1.07. The van der Waals surface area contributed by atoms with Crippen LogP contribution in [0.4, 0.5) is 11.8 Å². The van der Waals surface area contributed by atoms with E-state index in [4.69, 9.17) is 22.4 Å². The van der Waals surface area contributed by atoms with Gasteiger partial charge in [0.1, 0.15) is 11.0 Å². The normalized spacial score (nSPS) is 12.5. The Balaban J connectivity index is 2.75. The minimum Gasteiger partial charge on any atom is -0.394 e. The molecule has 0 aliphatic carbocycles. The predicted octanol–water partition coefficient (Wildman–Crippen LogP) is 0.895. The second kappa shape index (κ2) is 4.97. The van der Waals surface area contributed by atoms with Crippen molar-refractivity contribution >= 4 is 23.4 Å². The third kappa shape index (κ3) is 3.01. The highest BCUT2D eigenvalue weighted by Crippen LogP contribution is 2.13. The Morgan fingerprint density at radius 3 is 2.86 bits per heavy atom. The van der Waals surface area contributed by atoms with Crippen LogP contribution in [0.2, 0.25) is 5.15 Å². The number of hydrogen-bond donors (Lipinski definition) is 3. The van der Waals surface area contributed by atoms with E-state index in [1.54, 1.807) is 6.07 Å². The lowest BCUT2D eigenvalue weighted by Crippen LogP contribution is -2.23. The van der Waals surface area contributed by atoms with Crippen LogP contribution in [-0.4, -0.2) is 27.7 Å². The summed E-state index contributed by atoms with van der Waals surface area (Å²) in [6.07, 6.45) is 0.790. The lowest BCUT2D eigenvalue weighted by Gasteiger charge is -2.14. The van der Waals surface area contributed by atoms with E-state index in [-0.39, 0.29) is 23.8 Å². The predicted molar refractivity (Wildman–Crippen MR) is 56.2 cm³/mol. The Labute approximate surface area is 87.3 Å². The molecule has 1 aromatic rings. The van der Waals surface area contributed by atoms with Gasteiger partial charge in [0.25, 0.3) is 0 Å². The van der Waals surface area contributed by atoms with Crippen LogP contribution in [0.15, 0.2) is 6.07 Å². The van der Waals surface area contributed by atoms with Gasteiger partial charge in [-0.05, 0) is 6.42 Å². The van der Waals surface area contributed by atoms with Crippen LogP contribution in [0.3, 0.4) is 0 Å². The summed E-state index contributed by atoms with van der Waals surface area (Å²) in [5, 5.41) is 12.2. The number of nitrogens with zero attached hydrogens (tertiary/aromatic N) is 2. The van der Waals surface area contributed by atoms with Crippen molar-refractivity contribution in [3.63, 3.8) is 0 Å². The molecule has 78 valence electrons. The van der Waals surface area contributed by atoms with Gasteiger partial charge in [-0.3, -0.25) is 0 Å². The highest BCUT2D eigenvalue weighted by molar-refractivity contribution is 6.29. The molecule has 0 aliphatic rings. The average molecular weight is 217 g/mol. The van der Waals surface area contributed by atoms with Crippen molar-refractivity contribution in [2.75, 3.05) is 17.7 Å². The van der Waals surface area contributed by atoms with Crippen molar-refractivity contribution in [2.24, 2.45) is 0 Å². The average Bonchev–Trinajstić information content (AvgIpc) is 2.12. The number of nitrogens with two attached hydrogens (primary N) is 1. The molecule has 0 amide bonds. The highest BCUT2D eigenvalue weighted by Gasteiger charge is 2.06. The van der Waals surface area contributed by atoms with Gasteiger partial charge >= 0.3 is 0 Å². The van der Waals surface area contributed by atoms with Crippen molar-refractivity contribution in [3.8, 4) is 0 Å². The van der Waals surface area contributed by atoms with Gasteiger partial charge in [0.2, 0.25) is 5.95 Å². The Kier molecular flexibility index (Phi) is 3.91. The van der Waals surface area contributed by atoms with Crippen LogP contribution in [0.1, 0.15) is 13.3 Å². The maximum atomic E-state index is 8.96. The molecule has 6 heteroatoms. The van der Waals surface area contributed by atoms with Crippen LogP contribution in [-0.2, 0) is 0 Å². The van der Waals surface area contributed by atoms with Gasteiger partial charge in [0, 0.05) is 6.07 Å². The third-order valence-electron chi connectivity index (χ3n) is 1.78. The molecule has 0 radical (unpaired) electrons. The molecule has 0 aliphatic heterocycles. The van der Waals surface area contributed by atoms with Gasteiger partial charge in [-0.25, -0.2) is 4.98 Å². The molecule has 1 atom stereocenters. The summed E-state index contributed by atoms with van der Waals surface area (Å²) >= 11 is 5.69. The minimum absolute atomic E-state index is 0.0397. The summed E-state index contributed by atoms with van der Waals surface area (Å²) in [6, 6.07) is 1.52. The van der Waals surface area contributed by atoms with E-state index < -0.39 is 0 Å². The molecule has 1 aromatic heterocycles. The summed E-state index contributed by atoms with van der Waals surface area (Å²) in [4.78, 5) is 7.65. The quantitative estimate of drug-likeness (QED) is 0.652. The molecule has 0 saturated carbocycles. The van der Waals surface area contributed by atoms with E-state index in [2.05, 4.69) is 15.3 Å². The zero-order valence-electron chi connectivity index (χ0n) is 7.87. The zero-order chi connectivity index (χ0) is 10.6. The first kappa shape index (κ1) is 11.0. The number of rotatable bonds is 4. The van der Waals surface area contributed by atoms with Crippen LogP contribution in [0.25, 0.3) is 0 Å². The second-order valence-corrected chi connectivity index (χ2v) is 3.25. The van der Waals surface area contributed by atoms with Gasteiger partial charge < -0.3 is 16.2 Å². The molecular weight excluding hydrogens is 204 g/mol. The first-order valence-electron chi connectivity index (χ1n) is 4.33. The van der Waals surface area contributed by atoms with Crippen molar-refractivity contribution in [1.29, 1.82) is 0 Å². The fraction of sp³-hybridized carbons (Fsp3) is 0.500. The number of aromatic nitrogens is 2. The van der Waals surface area contributed by atoms with Gasteiger partial charge in [-0.1, -0.05) is 18.5 Å². The van der Waals surface area contributed by atoms with Crippen molar-refractivity contribution < 1.29 is 5.11 Å². The van der Waals surface area contributed by atoms with E-state index in [9.17, 15) is 0 Å². The summed E-state index contributed by atoms with van der Waals surface area (Å²) in [5.41, 5.74) is 5.41. The van der Waals surface area contributed by atoms with Gasteiger partial charge in [0.15, 0.2) is 0 Å². The first-order chi connectivity index (χ1) is 6.65. The lowest BCUT2D eigenvalue weighted by molar-refractivity contribution is 0.271. The molecule has 0 fully saturated rings. The maximum Gasteiger partial charge on any atom is 0.223 e. The monoisotopic (exact) mass is 216 g/mol. The molecule has 4 N–H and O–H groups in total. The van der Waals surface area contributed by atoms with Crippen LogP contribution in [0.5, 0.6) is 0 Å². The van der Waals surface area contributed by atoms with Crippen molar-refractivity contribution in [3.05, 3.63) is 11.2 Å². The number of aliphatic hydroxyl groups is 1. The first-order valence-corrected chi connectivity index (χ1v) is 4.71. The number of hydrogen-bond acceptors (Lipinski definition) is 5. The molecule has 1 heterocycles. The Morgan fingerprint density at radius 2 is 2.36 bits per heavy atom. The third-order valence-corrected chi connectivity index (χ3v) is 1.97. The fourth-order valence-electron chi connectivity index (χ4n) is 0.995. The highest BCUT2D eigenvalue weighted by atomic mass is 35.5. The van der Waals surface area contributed by atoms with Crippen LogP contribution in [0, 0.1) is 0 Å². The number of nitrogen functional groups attached to an aromatic ring is 1. The maximum absolute atomic E-state index is 8.96. The summed E-state index contributed by atoms with van der Waals surface area (Å²) in [5.74, 6) is 0.649. The van der Waals surface area contributed by atoms with Gasteiger partial charge in [-0.15, -0.1) is 0 Å². The topological polar surface area (TPSA) is 84.1 Å². The molecule has 1 rings (SSSR count). The smallest absolute Gasteiger partial charge is 0.223 e. The molecule has 0 unspecified atom stereocenters. The van der Waals surface area contributed by atoms with Gasteiger partial charge in [-0.2, -0.15) is 4.98 Å². The molecule has 5 nitrogen and oxygen atoms in total. The summed E-state index contributed by atoms with van der Waals surface area (Å²) in [6.45, 7) is 2.00. The Morgan fingerprint density at radius 1 is 1.64 bits per heavy atom. The largest absolute Gasteiger partial charge is 0.394 e. The number of nitrogens with one attached hydrogen (secondary N) is 1. The van der Waals surface area contributed by atoms with E-state index >= 15 is 0 Å². The summed E-state index contributed by atoms with van der Waals surface area (Å²) < 4.78 is 0. The zero-order valence-corrected chi connectivity index (χ0v) is 8.62. The Bertz CT molecular complexity index is 283. The van der Waals surface area contributed by atoms with E-state index in [1.165, 1.54) is 0 Å². The molecule has 0 saturated heterocycles. The van der Waals surface area contributed by atoms with Crippen molar-refractivity contribution in [1.82, 2.24) is 9.97 Å². The molecule has 0 bridgehead atoms. The fourth-order valence-corrected chi connectivity index (χ4v) is 1.19. The molecule has 0 spiro atoms. The molecule has 0 aromatic carbocycles. The number of aliphatic hydroxyl groups excluding tert-OH is 1. The number of halogens is 1. The standard InChI is InChI=1S/C8H13ClN4O/c1-2-5(4-14)11-7-3-6(9)12-8(10)13-7/h3,5,14H,2,4H2,1H3,(H3,10,11,12,13)/t5-/m0/s1. The SMILES string of the molecule is CC[C@@H](CO)Nc1cc(Cl)nc(N)n1. The molecular formula is C8H13ClN4O. The second-order valence-electron chi connectivity index (χ2n) is 2.87. The van der Waals surface area contributed by atoms with E-state index in [0.717, 1.165) is 6.42 Å². The molecule has 14 heavy (non-hydrogen) atoms. The minimum atomic E-state index is -0.0413. The van der Waals surface area contributed by atoms with E-state index in [1.807, 2.05) is 6.92 Å². The van der Waals surface area contributed by atoms with Crippen LogP contribution < -0.4 is 11.1 Å². The number of anilines is 2. The van der Waals surface area contributed by atoms with Gasteiger partial charge in [0.05, 0.1) is 12.6 Å².